The van der Waals surface area contributed by atoms with Gasteiger partial charge in [-0.05, 0) is 95.9 Å². The number of hydrogen-bond acceptors (Lipinski definition) is 6. The lowest BCUT2D eigenvalue weighted by Gasteiger charge is -2.39. The third-order valence-corrected chi connectivity index (χ3v) is 8.94. The average molecular weight is 435 g/mol. The normalized spacial score (nSPS) is 12.7. The van der Waals surface area contributed by atoms with Crippen molar-refractivity contribution >= 4 is 20.4 Å². The lowest BCUT2D eigenvalue weighted by atomic mass is 10.1. The van der Waals surface area contributed by atoms with Crippen molar-refractivity contribution in [1.82, 2.24) is 0 Å². The van der Waals surface area contributed by atoms with Crippen molar-refractivity contribution in [3.05, 3.63) is 71.8 Å². The maximum Gasteiger partial charge on any atom is 0.274 e. The Hall–Kier alpha value is -2.68. The van der Waals surface area contributed by atoms with Crippen LogP contribution < -0.4 is 0 Å². The Bertz CT molecular complexity index is 1070. The fourth-order valence-electron chi connectivity index (χ4n) is 3.07. The summed E-state index contributed by atoms with van der Waals surface area (Å²) < 4.78 is 30.6. The molecule has 0 spiro atoms. The van der Waals surface area contributed by atoms with Crippen LogP contribution in [0.2, 0.25) is 0 Å². The van der Waals surface area contributed by atoms with E-state index < -0.39 is 20.4 Å². The molecule has 0 saturated carbocycles. The minimum atomic E-state index is -3.93. The fraction of sp³-hybridized carbons (Fsp3) is 0.143. The Labute approximate surface area is 171 Å². The summed E-state index contributed by atoms with van der Waals surface area (Å²) in [5.74, 6) is 0.188. The molecular weight excluding hydrogens is 412 g/mol. The summed E-state index contributed by atoms with van der Waals surface area (Å²) in [7, 11) is -6.74. The maximum atomic E-state index is 12.4. The van der Waals surface area contributed by atoms with Gasteiger partial charge in [0.2, 0.25) is 0 Å². The van der Waals surface area contributed by atoms with E-state index in [4.69, 9.17) is 3.63 Å². The summed E-state index contributed by atoms with van der Waals surface area (Å²) in [6.45, 7) is 3.45. The van der Waals surface area contributed by atoms with Crippen LogP contribution in [0, 0.1) is 13.8 Å². The number of phenols is 3. The molecule has 0 atom stereocenters. The third-order valence-electron chi connectivity index (χ3n) is 4.36. The smallest absolute Gasteiger partial charge is 0.274 e. The van der Waals surface area contributed by atoms with E-state index in [9.17, 15) is 23.7 Å². The van der Waals surface area contributed by atoms with E-state index in [0.717, 1.165) is 6.26 Å². The largest absolute Gasteiger partial charge is 0.508 e. The van der Waals surface area contributed by atoms with Crippen molar-refractivity contribution in [3.63, 3.8) is 0 Å². The van der Waals surface area contributed by atoms with Gasteiger partial charge in [-0.15, -0.1) is 0 Å². The van der Waals surface area contributed by atoms with E-state index in [1.807, 2.05) is 0 Å². The molecule has 0 aliphatic rings. The zero-order valence-electron chi connectivity index (χ0n) is 16.2. The monoisotopic (exact) mass is 434 g/mol. The number of phenolic OH excluding ortho intramolecular Hbond substituents is 3. The molecule has 0 aliphatic carbocycles. The van der Waals surface area contributed by atoms with E-state index >= 15 is 0 Å². The van der Waals surface area contributed by atoms with Crippen LogP contribution in [-0.2, 0) is 13.7 Å². The molecule has 0 bridgehead atoms. The van der Waals surface area contributed by atoms with E-state index in [1.165, 1.54) is 24.3 Å². The molecule has 3 N–H and O–H groups in total. The van der Waals surface area contributed by atoms with Gasteiger partial charge in [0.25, 0.3) is 10.1 Å². The average Bonchev–Trinajstić information content (AvgIpc) is 2.64. The quantitative estimate of drug-likeness (QED) is 0.542. The summed E-state index contributed by atoms with van der Waals surface area (Å²) in [6, 6.07) is 15.7. The van der Waals surface area contributed by atoms with Crippen LogP contribution in [0.15, 0.2) is 75.4 Å². The van der Waals surface area contributed by atoms with Gasteiger partial charge >= 0.3 is 0 Å². The van der Waals surface area contributed by atoms with Crippen LogP contribution in [0.5, 0.6) is 17.2 Å². The van der Waals surface area contributed by atoms with E-state index in [-0.39, 0.29) is 17.2 Å². The predicted octanol–water partition coefficient (Wildman–Crippen LogP) is 4.59. The maximum absolute atomic E-state index is 12.4. The van der Waals surface area contributed by atoms with E-state index in [1.54, 1.807) is 50.2 Å². The molecule has 0 saturated heterocycles. The highest BCUT2D eigenvalue weighted by molar-refractivity contribution is 8.33. The van der Waals surface area contributed by atoms with Crippen LogP contribution in [-0.4, -0.2) is 30.0 Å². The molecule has 3 rings (SSSR count). The minimum absolute atomic E-state index is 0.0326. The second-order valence-corrected chi connectivity index (χ2v) is 11.2. The van der Waals surface area contributed by atoms with Gasteiger partial charge in [-0.3, -0.25) is 0 Å². The SMILES string of the molecule is Cc1cc(S(OS(C)(=O)=O)(c2ccc(O)cc2)c2ccc(O)cc2)cc(C)c1O. The second-order valence-electron chi connectivity index (χ2n) is 6.72. The van der Waals surface area contributed by atoms with Crippen LogP contribution >= 0.6 is 10.3 Å². The van der Waals surface area contributed by atoms with Crippen molar-refractivity contribution in [2.45, 2.75) is 28.5 Å². The molecule has 6 nitrogen and oxygen atoms in total. The first-order valence-electron chi connectivity index (χ1n) is 8.66. The van der Waals surface area contributed by atoms with Crippen molar-refractivity contribution in [2.24, 2.45) is 0 Å². The molecule has 3 aromatic rings. The van der Waals surface area contributed by atoms with Gasteiger partial charge < -0.3 is 15.3 Å². The molecule has 0 heterocycles. The van der Waals surface area contributed by atoms with Gasteiger partial charge in [-0.2, -0.15) is 8.42 Å². The van der Waals surface area contributed by atoms with E-state index in [2.05, 4.69) is 0 Å². The number of rotatable bonds is 5. The van der Waals surface area contributed by atoms with Crippen molar-refractivity contribution in [1.29, 1.82) is 0 Å². The number of aryl methyl sites for hydroxylation is 2. The summed E-state index contributed by atoms with van der Waals surface area (Å²) in [5, 5.41) is 29.7. The van der Waals surface area contributed by atoms with Crippen LogP contribution in [0.3, 0.4) is 0 Å². The van der Waals surface area contributed by atoms with Gasteiger partial charge in [-0.25, -0.2) is 3.63 Å². The van der Waals surface area contributed by atoms with Gasteiger partial charge in [0.05, 0.1) is 6.26 Å². The Morgan fingerprint density at radius 3 is 1.41 bits per heavy atom. The topological polar surface area (TPSA) is 104 Å². The molecule has 0 radical (unpaired) electrons. The molecular formula is C21H22O6S2. The molecule has 3 aromatic carbocycles. The summed E-state index contributed by atoms with van der Waals surface area (Å²) >= 11 is 0. The zero-order chi connectivity index (χ0) is 21.4. The predicted molar refractivity (Wildman–Crippen MR) is 112 cm³/mol. The Balaban J connectivity index is 2.45. The number of hydrogen-bond donors (Lipinski definition) is 3. The number of benzene rings is 3. The highest BCUT2D eigenvalue weighted by Crippen LogP contribution is 2.70. The summed E-state index contributed by atoms with van der Waals surface area (Å²) in [4.78, 5) is 1.64. The van der Waals surface area contributed by atoms with Crippen LogP contribution in [0.1, 0.15) is 11.1 Å². The minimum Gasteiger partial charge on any atom is -0.508 e. The zero-order valence-corrected chi connectivity index (χ0v) is 17.8. The van der Waals surface area contributed by atoms with Gasteiger partial charge in [0, 0.05) is 14.7 Å². The standard InChI is InChI=1S/C21H22O6S2/c1-14-12-20(13-15(2)21(14)24)29(27-28(3,25)26,18-8-4-16(22)5-9-18)19-10-6-17(23)7-11-19/h4-13,22-24H,1-3H3. The highest BCUT2D eigenvalue weighted by Gasteiger charge is 2.37. The number of aromatic hydroxyl groups is 3. The molecule has 0 aliphatic heterocycles. The van der Waals surface area contributed by atoms with Gasteiger partial charge in [0.15, 0.2) is 0 Å². The first-order valence-corrected chi connectivity index (χ1v) is 12.0. The third kappa shape index (κ3) is 4.19. The first-order chi connectivity index (χ1) is 13.5. The van der Waals surface area contributed by atoms with Crippen molar-refractivity contribution in [3.8, 4) is 17.2 Å². The Morgan fingerprint density at radius 1 is 0.690 bits per heavy atom. The van der Waals surface area contributed by atoms with Crippen LogP contribution in [0.4, 0.5) is 0 Å². The molecule has 154 valence electrons. The van der Waals surface area contributed by atoms with E-state index in [0.29, 0.717) is 25.8 Å². The summed E-state index contributed by atoms with van der Waals surface area (Å²) in [5.41, 5.74) is 1.15. The lowest BCUT2D eigenvalue weighted by molar-refractivity contribution is 0.466. The Kier molecular flexibility index (Phi) is 5.53. The molecule has 8 heteroatoms. The lowest BCUT2D eigenvalue weighted by Crippen LogP contribution is -2.13. The van der Waals surface area contributed by atoms with Crippen LogP contribution in [0.25, 0.3) is 0 Å². The van der Waals surface area contributed by atoms with Crippen molar-refractivity contribution in [2.75, 3.05) is 6.26 Å². The van der Waals surface area contributed by atoms with Crippen molar-refractivity contribution < 1.29 is 27.4 Å². The second kappa shape index (κ2) is 7.62. The Morgan fingerprint density at radius 2 is 1.07 bits per heavy atom. The molecule has 0 aromatic heterocycles. The van der Waals surface area contributed by atoms with Gasteiger partial charge in [-0.1, -0.05) is 0 Å². The summed E-state index contributed by atoms with van der Waals surface area (Å²) in [6.07, 6.45) is 0.982. The molecule has 0 amide bonds. The highest BCUT2D eigenvalue weighted by atomic mass is 32.3. The molecule has 0 fully saturated rings. The molecule has 29 heavy (non-hydrogen) atoms. The van der Waals surface area contributed by atoms with Gasteiger partial charge in [0.1, 0.15) is 17.2 Å². The fourth-order valence-corrected chi connectivity index (χ4v) is 8.04. The first kappa shape index (κ1) is 21.0. The molecule has 0 unspecified atom stereocenters.